The second-order valence-electron chi connectivity index (χ2n) is 13.1. The molecule has 6 nitrogen and oxygen atoms in total. The van der Waals surface area contributed by atoms with Gasteiger partial charge in [-0.3, -0.25) is 14.5 Å². The van der Waals surface area contributed by atoms with Crippen molar-refractivity contribution < 1.29 is 9.59 Å². The van der Waals surface area contributed by atoms with Crippen molar-refractivity contribution in [2.75, 3.05) is 49.5 Å². The summed E-state index contributed by atoms with van der Waals surface area (Å²) in [7, 11) is 0. The average molecular weight is 491 g/mol. The van der Waals surface area contributed by atoms with E-state index in [-0.39, 0.29) is 17.4 Å². The van der Waals surface area contributed by atoms with E-state index in [0.717, 1.165) is 94.2 Å². The largest absolute Gasteiger partial charge is 0.369 e. The molecule has 8 rings (SSSR count). The Bertz CT molecular complexity index is 977. The Morgan fingerprint density at radius 1 is 0.889 bits per heavy atom. The van der Waals surface area contributed by atoms with Gasteiger partial charge in [-0.1, -0.05) is 6.07 Å². The van der Waals surface area contributed by atoms with E-state index in [1.54, 1.807) is 0 Å². The number of rotatable bonds is 6. The highest BCUT2D eigenvalue weighted by Crippen LogP contribution is 2.60. The molecule has 1 aromatic rings. The summed E-state index contributed by atoms with van der Waals surface area (Å²) in [6.45, 7) is 6.33. The molecule has 2 heterocycles. The molecule has 4 bridgehead atoms. The summed E-state index contributed by atoms with van der Waals surface area (Å²) in [5, 5.41) is 3.20. The van der Waals surface area contributed by atoms with Gasteiger partial charge in [-0.05, 0) is 106 Å². The van der Waals surface area contributed by atoms with Gasteiger partial charge >= 0.3 is 0 Å². The van der Waals surface area contributed by atoms with E-state index in [9.17, 15) is 9.59 Å². The van der Waals surface area contributed by atoms with Crippen LogP contribution >= 0.6 is 0 Å². The molecule has 1 atom stereocenters. The Morgan fingerprint density at radius 3 is 2.25 bits per heavy atom. The van der Waals surface area contributed by atoms with Crippen LogP contribution in [0.1, 0.15) is 64.2 Å². The van der Waals surface area contributed by atoms with Crippen molar-refractivity contribution in [2.45, 2.75) is 70.3 Å². The molecule has 5 aliphatic carbocycles. The van der Waals surface area contributed by atoms with Crippen molar-refractivity contribution in [1.82, 2.24) is 9.80 Å². The van der Waals surface area contributed by atoms with Crippen LogP contribution in [-0.2, 0) is 9.59 Å². The van der Waals surface area contributed by atoms with Gasteiger partial charge in [0, 0.05) is 50.6 Å². The first kappa shape index (κ1) is 23.1. The topological polar surface area (TPSA) is 55.9 Å². The minimum absolute atomic E-state index is 0.00280. The highest BCUT2D eigenvalue weighted by Gasteiger charge is 2.56. The maximum atomic E-state index is 14.0. The molecule has 1 unspecified atom stereocenters. The summed E-state index contributed by atoms with van der Waals surface area (Å²) in [4.78, 5) is 34.5. The lowest BCUT2D eigenvalue weighted by molar-refractivity contribution is -0.160. The van der Waals surface area contributed by atoms with Crippen molar-refractivity contribution >= 4 is 23.2 Å². The third kappa shape index (κ3) is 4.33. The van der Waals surface area contributed by atoms with Crippen LogP contribution in [0.25, 0.3) is 0 Å². The van der Waals surface area contributed by atoms with Gasteiger partial charge in [-0.2, -0.15) is 0 Å². The second kappa shape index (κ2) is 9.04. The molecule has 1 aromatic carbocycles. The summed E-state index contributed by atoms with van der Waals surface area (Å²) in [5.41, 5.74) is 1.87. The lowest BCUT2D eigenvalue weighted by atomic mass is 9.49. The van der Waals surface area contributed by atoms with Gasteiger partial charge in [0.15, 0.2) is 0 Å². The molecule has 2 amide bonds. The van der Waals surface area contributed by atoms with Crippen molar-refractivity contribution in [2.24, 2.45) is 29.1 Å². The Labute approximate surface area is 215 Å². The number of likely N-dealkylation sites (tertiary alicyclic amines) is 1. The third-order valence-electron chi connectivity index (χ3n) is 10.4. The molecular formula is C30H42N4O2. The summed E-state index contributed by atoms with van der Waals surface area (Å²) < 4.78 is 0. The minimum atomic E-state index is -0.319. The van der Waals surface area contributed by atoms with E-state index in [1.807, 2.05) is 11.0 Å². The predicted octanol–water partition coefficient (Wildman–Crippen LogP) is 4.36. The normalized spacial score (nSPS) is 35.9. The van der Waals surface area contributed by atoms with Crippen LogP contribution in [0.15, 0.2) is 24.3 Å². The summed E-state index contributed by atoms with van der Waals surface area (Å²) in [6, 6.07) is 8.00. The fraction of sp³-hybridized carbons (Fsp3) is 0.733. The van der Waals surface area contributed by atoms with Crippen LogP contribution in [0, 0.1) is 29.1 Å². The molecule has 0 aromatic heterocycles. The molecule has 5 saturated carbocycles. The molecule has 2 aliphatic heterocycles. The maximum absolute atomic E-state index is 14.0. The molecule has 2 saturated heterocycles. The number of piperazine rings is 1. The highest BCUT2D eigenvalue weighted by molar-refractivity contribution is 5.98. The average Bonchev–Trinajstić information content (AvgIpc) is 3.54. The van der Waals surface area contributed by atoms with Gasteiger partial charge < -0.3 is 15.1 Å². The zero-order valence-corrected chi connectivity index (χ0v) is 21.7. The van der Waals surface area contributed by atoms with Gasteiger partial charge in [0.05, 0.1) is 5.41 Å². The number of anilines is 2. The van der Waals surface area contributed by atoms with E-state index < -0.39 is 0 Å². The Hall–Kier alpha value is -2.08. The quantitative estimate of drug-likeness (QED) is 0.644. The zero-order valence-electron chi connectivity index (χ0n) is 21.7. The monoisotopic (exact) mass is 490 g/mol. The molecule has 7 fully saturated rings. The lowest BCUT2D eigenvalue weighted by Gasteiger charge is -2.56. The lowest BCUT2D eigenvalue weighted by Crippen LogP contribution is -2.56. The Morgan fingerprint density at radius 2 is 1.58 bits per heavy atom. The minimum Gasteiger partial charge on any atom is -0.369 e. The van der Waals surface area contributed by atoms with Gasteiger partial charge in [0.2, 0.25) is 11.8 Å². The van der Waals surface area contributed by atoms with Crippen LogP contribution in [0.2, 0.25) is 0 Å². The van der Waals surface area contributed by atoms with Crippen molar-refractivity contribution in [3.8, 4) is 0 Å². The molecule has 7 aliphatic rings. The summed E-state index contributed by atoms with van der Waals surface area (Å²) in [6.07, 6.45) is 11.7. The van der Waals surface area contributed by atoms with Crippen LogP contribution < -0.4 is 10.2 Å². The fourth-order valence-corrected chi connectivity index (χ4v) is 8.82. The Balaban J connectivity index is 0.999. The second-order valence-corrected chi connectivity index (χ2v) is 13.1. The van der Waals surface area contributed by atoms with E-state index in [2.05, 4.69) is 33.3 Å². The first-order chi connectivity index (χ1) is 17.5. The van der Waals surface area contributed by atoms with Gasteiger partial charge in [-0.25, -0.2) is 0 Å². The van der Waals surface area contributed by atoms with Gasteiger partial charge in [0.1, 0.15) is 6.04 Å². The number of hydrogen-bond acceptors (Lipinski definition) is 4. The number of carbonyl (C=O) groups excluding carboxylic acids is 2. The highest BCUT2D eigenvalue weighted by atomic mass is 16.2. The van der Waals surface area contributed by atoms with E-state index in [0.29, 0.717) is 5.91 Å². The molecular weight excluding hydrogens is 448 g/mol. The van der Waals surface area contributed by atoms with E-state index >= 15 is 0 Å². The van der Waals surface area contributed by atoms with Gasteiger partial charge in [0.25, 0.3) is 0 Å². The predicted molar refractivity (Wildman–Crippen MR) is 142 cm³/mol. The van der Waals surface area contributed by atoms with E-state index in [1.165, 1.54) is 44.3 Å². The number of carbonyl (C=O) groups is 2. The number of amides is 2. The first-order valence-corrected chi connectivity index (χ1v) is 14.7. The van der Waals surface area contributed by atoms with Crippen LogP contribution in [-0.4, -0.2) is 66.9 Å². The molecule has 36 heavy (non-hydrogen) atoms. The third-order valence-corrected chi connectivity index (χ3v) is 10.4. The van der Waals surface area contributed by atoms with Crippen molar-refractivity contribution in [1.29, 1.82) is 0 Å². The molecule has 1 N–H and O–H groups in total. The number of nitrogens with one attached hydrogen (secondary N) is 1. The van der Waals surface area contributed by atoms with Crippen LogP contribution in [0.4, 0.5) is 11.4 Å². The van der Waals surface area contributed by atoms with Crippen molar-refractivity contribution in [3.05, 3.63) is 24.3 Å². The summed E-state index contributed by atoms with van der Waals surface area (Å²) in [5.74, 6) is 3.48. The smallest absolute Gasteiger partial charge is 0.247 e. The van der Waals surface area contributed by atoms with Crippen molar-refractivity contribution in [3.63, 3.8) is 0 Å². The first-order valence-electron chi connectivity index (χ1n) is 14.7. The fourth-order valence-electron chi connectivity index (χ4n) is 8.82. The number of hydrogen-bond donors (Lipinski definition) is 1. The molecule has 6 heteroatoms. The van der Waals surface area contributed by atoms with E-state index in [4.69, 9.17) is 0 Å². The maximum Gasteiger partial charge on any atom is 0.247 e. The molecule has 0 radical (unpaired) electrons. The van der Waals surface area contributed by atoms with Crippen LogP contribution in [0.5, 0.6) is 0 Å². The number of nitrogens with zero attached hydrogens (tertiary/aromatic N) is 3. The molecule has 194 valence electrons. The van der Waals surface area contributed by atoms with Gasteiger partial charge in [-0.15, -0.1) is 0 Å². The van der Waals surface area contributed by atoms with Crippen LogP contribution in [0.3, 0.4) is 0 Å². The SMILES string of the molecule is O=C(Nc1cccc(N2CCN(CC3CC3)CC2)c1)C1CCCN1C(=O)C12CC3CC(CC(C3)C1)C2. The number of benzene rings is 1. The molecule has 0 spiro atoms. The summed E-state index contributed by atoms with van der Waals surface area (Å²) >= 11 is 0. The Kier molecular flexibility index (Phi) is 5.79. The standard InChI is InChI=1S/C30H42N4O2/c35-28(31-25-3-1-4-26(16-25)33-11-9-32(10-12-33)20-21-6-7-21)27-5-2-8-34(27)29(36)30-17-22-13-23(18-30)15-24(14-22)19-30/h1,3-4,16,21-24,27H,2,5-15,17-20H2,(H,31,35). The zero-order chi connectivity index (χ0) is 24.3.